The van der Waals surface area contributed by atoms with Crippen molar-refractivity contribution in [1.29, 1.82) is 0 Å². The Bertz CT molecular complexity index is 935. The van der Waals surface area contributed by atoms with Crippen LogP contribution in [-0.4, -0.2) is 54.8 Å². The number of nitrogens with zero attached hydrogens (tertiary/aromatic N) is 1. The number of benzene rings is 1. The van der Waals surface area contributed by atoms with Crippen molar-refractivity contribution in [3.63, 3.8) is 0 Å². The summed E-state index contributed by atoms with van der Waals surface area (Å²) in [5, 5.41) is 14.7. The van der Waals surface area contributed by atoms with Gasteiger partial charge in [-0.25, -0.2) is 0 Å². The zero-order valence-corrected chi connectivity index (χ0v) is 21.2. The molecule has 1 saturated carbocycles. The Morgan fingerprint density at radius 1 is 1.03 bits per heavy atom. The molecule has 0 radical (unpaired) electrons. The molecule has 2 fully saturated rings. The maximum atomic E-state index is 13.3. The van der Waals surface area contributed by atoms with Crippen molar-refractivity contribution in [3.8, 4) is 11.8 Å². The highest BCUT2D eigenvalue weighted by Crippen LogP contribution is 2.32. The summed E-state index contributed by atoms with van der Waals surface area (Å²) in [6, 6.07) is 8.06. The highest BCUT2D eigenvalue weighted by atomic mass is 19.4. The Morgan fingerprint density at radius 3 is 2.37 bits per heavy atom. The fourth-order valence-electron chi connectivity index (χ4n) is 4.56. The largest absolute Gasteiger partial charge is 0.406 e. The molecule has 4 rings (SSSR count). The van der Waals surface area contributed by atoms with Crippen LogP contribution in [0.3, 0.4) is 0 Å². The summed E-state index contributed by atoms with van der Waals surface area (Å²) in [5.41, 5.74) is 1.87. The van der Waals surface area contributed by atoms with E-state index in [9.17, 15) is 13.2 Å². The predicted molar refractivity (Wildman–Crippen MR) is 137 cm³/mol. The van der Waals surface area contributed by atoms with Gasteiger partial charge in [0.25, 0.3) is 0 Å². The summed E-state index contributed by atoms with van der Waals surface area (Å²) in [6.45, 7) is 4.88. The molecule has 1 aromatic carbocycles. The molecular weight excluding hydrogens is 455 g/mol. The van der Waals surface area contributed by atoms with Crippen LogP contribution >= 0.6 is 0 Å². The molecule has 1 aromatic heterocycles. The second kappa shape index (κ2) is 15.0. The molecule has 1 saturated heterocycles. The van der Waals surface area contributed by atoms with Crippen LogP contribution in [0.25, 0.3) is 10.9 Å². The van der Waals surface area contributed by atoms with E-state index in [1.165, 1.54) is 23.8 Å². The highest BCUT2D eigenvalue weighted by molar-refractivity contribution is 5.94. The lowest BCUT2D eigenvalue weighted by Crippen LogP contribution is -2.34. The smallest absolute Gasteiger partial charge is 0.400 e. The molecule has 2 aliphatic rings. The molecule has 1 aliphatic carbocycles. The molecule has 0 unspecified atom stereocenters. The molecule has 2 heterocycles. The molecule has 35 heavy (non-hydrogen) atoms. The monoisotopic (exact) mass is 495 g/mol. The van der Waals surface area contributed by atoms with Crippen molar-refractivity contribution in [2.45, 2.75) is 83.6 Å². The number of fused-ring (bicyclic) bond motifs is 1. The first-order chi connectivity index (χ1) is 17.0. The van der Waals surface area contributed by atoms with Gasteiger partial charge < -0.3 is 25.0 Å². The number of aliphatic hydroxyl groups excluding tert-OH is 1. The molecule has 1 aliphatic heterocycles. The standard InChI is InChI=1S/C24H30F3N3O.C2H6.CH4O/c25-24(26,27)17-30-20(8-5-13-28-18-11-14-31-15-12-18)16-21-22(9-4-10-23(21)30)29-19-6-2-1-3-7-19;2*1-2/h4,9-10,16,18-19,28-29H,1-3,6-7,11-15,17H2;1-2H3;2H,1H3. The van der Waals surface area contributed by atoms with Crippen LogP contribution in [0.5, 0.6) is 0 Å². The van der Waals surface area contributed by atoms with Gasteiger partial charge in [0.1, 0.15) is 6.54 Å². The third-order valence-electron chi connectivity index (χ3n) is 6.16. The Balaban J connectivity index is 0.00000103. The zero-order valence-electron chi connectivity index (χ0n) is 21.2. The van der Waals surface area contributed by atoms with Crippen LogP contribution in [0.4, 0.5) is 18.9 Å². The minimum Gasteiger partial charge on any atom is -0.400 e. The minimum atomic E-state index is -4.31. The maximum absolute atomic E-state index is 13.3. The number of alkyl halides is 3. The Hall–Kier alpha value is -2.21. The molecule has 196 valence electrons. The SMILES string of the molecule is CC.CO.FC(F)(F)Cn1c(C#CCNC2CCOCC2)cc2c(NC3CCCCC3)cccc21. The van der Waals surface area contributed by atoms with Gasteiger partial charge in [0, 0.05) is 43.5 Å². The van der Waals surface area contributed by atoms with Crippen LogP contribution in [-0.2, 0) is 11.3 Å². The topological polar surface area (TPSA) is 58.5 Å². The number of ether oxygens (including phenoxy) is 1. The van der Waals surface area contributed by atoms with E-state index in [-0.39, 0.29) is 0 Å². The van der Waals surface area contributed by atoms with Crippen molar-refractivity contribution in [2.75, 3.05) is 32.2 Å². The van der Waals surface area contributed by atoms with Gasteiger partial charge in [0.2, 0.25) is 0 Å². The third-order valence-corrected chi connectivity index (χ3v) is 6.16. The van der Waals surface area contributed by atoms with Crippen LogP contribution < -0.4 is 10.6 Å². The molecular formula is C27H40F3N3O2. The molecule has 0 bridgehead atoms. The maximum Gasteiger partial charge on any atom is 0.406 e. The van der Waals surface area contributed by atoms with E-state index in [1.807, 2.05) is 26.0 Å². The van der Waals surface area contributed by atoms with Crippen molar-refractivity contribution >= 4 is 16.6 Å². The average Bonchev–Trinajstić information content (AvgIpc) is 3.22. The van der Waals surface area contributed by atoms with Crippen LogP contribution in [0.2, 0.25) is 0 Å². The van der Waals surface area contributed by atoms with Gasteiger partial charge in [-0.2, -0.15) is 13.2 Å². The molecule has 3 N–H and O–H groups in total. The fraction of sp³-hybridized carbons (Fsp3) is 0.630. The lowest BCUT2D eigenvalue weighted by atomic mass is 9.95. The van der Waals surface area contributed by atoms with Gasteiger partial charge in [-0.15, -0.1) is 0 Å². The van der Waals surface area contributed by atoms with Gasteiger partial charge >= 0.3 is 6.18 Å². The Morgan fingerprint density at radius 2 is 1.71 bits per heavy atom. The first-order valence-electron chi connectivity index (χ1n) is 12.7. The van der Waals surface area contributed by atoms with E-state index < -0.39 is 12.7 Å². The predicted octanol–water partition coefficient (Wildman–Crippen LogP) is 5.70. The first kappa shape index (κ1) is 29.0. The Kier molecular flexibility index (Phi) is 12.5. The number of hydrogen-bond donors (Lipinski definition) is 3. The van der Waals surface area contributed by atoms with Gasteiger partial charge in [-0.1, -0.05) is 45.1 Å². The number of aromatic nitrogens is 1. The summed E-state index contributed by atoms with van der Waals surface area (Å²) in [6.07, 6.45) is 3.41. The lowest BCUT2D eigenvalue weighted by molar-refractivity contribution is -0.140. The van der Waals surface area contributed by atoms with Gasteiger partial charge in [0.15, 0.2) is 0 Å². The van der Waals surface area contributed by atoms with Crippen LogP contribution in [0.1, 0.15) is 64.5 Å². The molecule has 0 spiro atoms. The number of aliphatic hydroxyl groups is 1. The van der Waals surface area contributed by atoms with Crippen molar-refractivity contribution in [2.24, 2.45) is 0 Å². The summed E-state index contributed by atoms with van der Waals surface area (Å²) in [7, 11) is 1.00. The van der Waals surface area contributed by atoms with Crippen LogP contribution in [0, 0.1) is 11.8 Å². The van der Waals surface area contributed by atoms with E-state index in [2.05, 4.69) is 22.5 Å². The zero-order chi connectivity index (χ0) is 25.7. The number of halogens is 3. The summed E-state index contributed by atoms with van der Waals surface area (Å²) < 4.78 is 46.6. The number of rotatable bonds is 5. The Labute approximate surface area is 207 Å². The highest BCUT2D eigenvalue weighted by Gasteiger charge is 2.30. The third kappa shape index (κ3) is 9.06. The number of anilines is 1. The van der Waals surface area contributed by atoms with E-state index in [1.54, 1.807) is 12.1 Å². The van der Waals surface area contributed by atoms with E-state index in [0.717, 1.165) is 57.1 Å². The molecule has 2 aromatic rings. The lowest BCUT2D eigenvalue weighted by Gasteiger charge is -2.24. The average molecular weight is 496 g/mol. The first-order valence-corrected chi connectivity index (χ1v) is 12.7. The quantitative estimate of drug-likeness (QED) is 0.466. The van der Waals surface area contributed by atoms with E-state index in [4.69, 9.17) is 9.84 Å². The molecule has 0 atom stereocenters. The number of nitrogens with one attached hydrogen (secondary N) is 2. The second-order valence-electron chi connectivity index (χ2n) is 8.52. The fourth-order valence-corrected chi connectivity index (χ4v) is 4.56. The van der Waals surface area contributed by atoms with E-state index >= 15 is 0 Å². The van der Waals surface area contributed by atoms with E-state index in [0.29, 0.717) is 29.8 Å². The summed E-state index contributed by atoms with van der Waals surface area (Å²) in [4.78, 5) is 0. The summed E-state index contributed by atoms with van der Waals surface area (Å²) >= 11 is 0. The van der Waals surface area contributed by atoms with Crippen molar-refractivity contribution in [1.82, 2.24) is 9.88 Å². The van der Waals surface area contributed by atoms with Crippen molar-refractivity contribution in [3.05, 3.63) is 30.0 Å². The number of hydrogen-bond acceptors (Lipinski definition) is 4. The molecule has 8 heteroatoms. The molecule has 5 nitrogen and oxygen atoms in total. The van der Waals surface area contributed by atoms with Gasteiger partial charge in [0.05, 0.1) is 17.8 Å². The minimum absolute atomic E-state index is 0.357. The van der Waals surface area contributed by atoms with Gasteiger partial charge in [-0.05, 0) is 49.8 Å². The molecule has 0 amide bonds. The van der Waals surface area contributed by atoms with Crippen LogP contribution in [0.15, 0.2) is 24.3 Å². The van der Waals surface area contributed by atoms with Gasteiger partial charge in [-0.3, -0.25) is 0 Å². The summed E-state index contributed by atoms with van der Waals surface area (Å²) in [5.74, 6) is 6.01. The van der Waals surface area contributed by atoms with Crippen molar-refractivity contribution < 1.29 is 23.0 Å². The normalized spacial score (nSPS) is 16.9. The second-order valence-corrected chi connectivity index (χ2v) is 8.52.